The SMILES string of the molecule is CCCNc1nc(Nc2ccc(C(N)=O)cc2)ncc1C#Cc1cccc(NC(=O)CN)c1. The third-order valence-electron chi connectivity index (χ3n) is 4.43. The molecule has 7 N–H and O–H groups in total. The van der Waals surface area contributed by atoms with E-state index in [9.17, 15) is 9.59 Å². The lowest BCUT2D eigenvalue weighted by atomic mass is 10.2. The van der Waals surface area contributed by atoms with Crippen LogP contribution in [0.1, 0.15) is 34.8 Å². The van der Waals surface area contributed by atoms with E-state index in [0.717, 1.165) is 24.2 Å². The van der Waals surface area contributed by atoms with Gasteiger partial charge in [-0.25, -0.2) is 4.98 Å². The van der Waals surface area contributed by atoms with Crippen LogP contribution < -0.4 is 27.4 Å². The average molecular weight is 444 g/mol. The van der Waals surface area contributed by atoms with E-state index < -0.39 is 5.91 Å². The Morgan fingerprint density at radius 2 is 1.85 bits per heavy atom. The average Bonchev–Trinajstić information content (AvgIpc) is 2.82. The van der Waals surface area contributed by atoms with Gasteiger partial charge in [0, 0.05) is 29.0 Å². The van der Waals surface area contributed by atoms with Crippen LogP contribution in [0.4, 0.5) is 23.1 Å². The minimum absolute atomic E-state index is 0.0879. The minimum atomic E-state index is -0.487. The first-order valence-corrected chi connectivity index (χ1v) is 10.4. The first kappa shape index (κ1) is 23.2. The largest absolute Gasteiger partial charge is 0.369 e. The summed E-state index contributed by atoms with van der Waals surface area (Å²) >= 11 is 0. The van der Waals surface area contributed by atoms with Gasteiger partial charge in [0.1, 0.15) is 5.82 Å². The second-order valence-corrected chi connectivity index (χ2v) is 7.03. The molecule has 0 saturated heterocycles. The molecule has 1 aromatic heterocycles. The molecule has 1 heterocycles. The van der Waals surface area contributed by atoms with Crippen molar-refractivity contribution in [3.8, 4) is 11.8 Å². The van der Waals surface area contributed by atoms with Crippen molar-refractivity contribution in [2.75, 3.05) is 29.0 Å². The van der Waals surface area contributed by atoms with Gasteiger partial charge < -0.3 is 27.4 Å². The van der Waals surface area contributed by atoms with Crippen LogP contribution >= 0.6 is 0 Å². The molecular weight excluding hydrogens is 418 g/mol. The van der Waals surface area contributed by atoms with Crippen molar-refractivity contribution in [1.82, 2.24) is 9.97 Å². The Kier molecular flexibility index (Phi) is 7.94. The number of nitrogens with one attached hydrogen (secondary N) is 3. The van der Waals surface area contributed by atoms with Crippen molar-refractivity contribution < 1.29 is 9.59 Å². The molecule has 0 radical (unpaired) electrons. The summed E-state index contributed by atoms with van der Waals surface area (Å²) < 4.78 is 0. The lowest BCUT2D eigenvalue weighted by Gasteiger charge is -2.10. The Bertz CT molecular complexity index is 1200. The van der Waals surface area contributed by atoms with E-state index in [1.54, 1.807) is 48.7 Å². The molecule has 168 valence electrons. The van der Waals surface area contributed by atoms with Crippen LogP contribution in [0.5, 0.6) is 0 Å². The normalized spacial score (nSPS) is 10.0. The topological polar surface area (TPSA) is 148 Å². The number of primary amides is 1. The highest BCUT2D eigenvalue weighted by Crippen LogP contribution is 2.18. The van der Waals surface area contributed by atoms with E-state index >= 15 is 0 Å². The highest BCUT2D eigenvalue weighted by Gasteiger charge is 2.07. The van der Waals surface area contributed by atoms with Gasteiger partial charge in [-0.15, -0.1) is 0 Å². The number of hydrogen-bond acceptors (Lipinski definition) is 7. The fourth-order valence-corrected chi connectivity index (χ4v) is 2.78. The smallest absolute Gasteiger partial charge is 0.248 e. The summed E-state index contributed by atoms with van der Waals surface area (Å²) in [6, 6.07) is 13.9. The molecule has 2 amide bonds. The summed E-state index contributed by atoms with van der Waals surface area (Å²) in [6.45, 7) is 2.69. The van der Waals surface area contributed by atoms with Gasteiger partial charge >= 0.3 is 0 Å². The number of carbonyl (C=O) groups is 2. The Morgan fingerprint density at radius 1 is 1.06 bits per heavy atom. The number of aromatic nitrogens is 2. The first-order chi connectivity index (χ1) is 16.0. The van der Waals surface area contributed by atoms with Crippen molar-refractivity contribution in [2.45, 2.75) is 13.3 Å². The number of amides is 2. The summed E-state index contributed by atoms with van der Waals surface area (Å²) in [5.74, 6) is 6.40. The molecule has 9 nitrogen and oxygen atoms in total. The fourth-order valence-electron chi connectivity index (χ4n) is 2.78. The standard InChI is InChI=1S/C24H25N7O2/c1-2-12-27-23-18(7-6-16-4-3-5-20(13-16)29-21(32)14-25)15-28-24(31-23)30-19-10-8-17(9-11-19)22(26)33/h3-5,8-11,13,15H,2,12,14,25H2,1H3,(H2,26,33)(H,29,32)(H2,27,28,30,31). The van der Waals surface area contributed by atoms with Gasteiger partial charge in [0.25, 0.3) is 0 Å². The van der Waals surface area contributed by atoms with Gasteiger partial charge in [0.2, 0.25) is 17.8 Å². The predicted octanol–water partition coefficient (Wildman–Crippen LogP) is 2.44. The molecule has 0 bridgehead atoms. The molecule has 0 aliphatic rings. The van der Waals surface area contributed by atoms with Gasteiger partial charge in [0.15, 0.2) is 0 Å². The molecule has 0 spiro atoms. The van der Waals surface area contributed by atoms with Crippen LogP contribution in [0.25, 0.3) is 0 Å². The Labute approximate surface area is 192 Å². The van der Waals surface area contributed by atoms with Crippen molar-refractivity contribution in [1.29, 1.82) is 0 Å². The molecule has 0 unspecified atom stereocenters. The summed E-state index contributed by atoms with van der Waals surface area (Å²) in [5, 5.41) is 9.08. The van der Waals surface area contributed by atoms with E-state index in [1.165, 1.54) is 0 Å². The zero-order chi connectivity index (χ0) is 23.6. The van der Waals surface area contributed by atoms with E-state index in [-0.39, 0.29) is 12.5 Å². The maximum Gasteiger partial charge on any atom is 0.248 e. The molecule has 0 atom stereocenters. The molecule has 2 aromatic carbocycles. The minimum Gasteiger partial charge on any atom is -0.369 e. The zero-order valence-electron chi connectivity index (χ0n) is 18.2. The maximum absolute atomic E-state index is 11.5. The van der Waals surface area contributed by atoms with Gasteiger partial charge in [-0.3, -0.25) is 9.59 Å². The maximum atomic E-state index is 11.5. The van der Waals surface area contributed by atoms with Gasteiger partial charge in [-0.05, 0) is 48.9 Å². The molecule has 0 saturated carbocycles. The van der Waals surface area contributed by atoms with Crippen LogP contribution in [0, 0.1) is 11.8 Å². The van der Waals surface area contributed by atoms with Crippen LogP contribution in [0.2, 0.25) is 0 Å². The zero-order valence-corrected chi connectivity index (χ0v) is 18.2. The number of nitrogens with zero attached hydrogens (tertiary/aromatic N) is 2. The fraction of sp³-hybridized carbons (Fsp3) is 0.167. The number of benzene rings is 2. The lowest BCUT2D eigenvalue weighted by Crippen LogP contribution is -2.21. The summed E-state index contributed by atoms with van der Waals surface area (Å²) in [5.41, 5.74) is 13.7. The molecular formula is C24H25N7O2. The van der Waals surface area contributed by atoms with Crippen molar-refractivity contribution in [3.63, 3.8) is 0 Å². The number of rotatable bonds is 8. The molecule has 9 heteroatoms. The van der Waals surface area contributed by atoms with E-state index in [1.807, 2.05) is 6.07 Å². The van der Waals surface area contributed by atoms with Crippen molar-refractivity contribution in [3.05, 3.63) is 71.4 Å². The monoisotopic (exact) mass is 443 g/mol. The first-order valence-electron chi connectivity index (χ1n) is 10.4. The molecule has 33 heavy (non-hydrogen) atoms. The summed E-state index contributed by atoms with van der Waals surface area (Å²) in [6.07, 6.45) is 2.55. The van der Waals surface area contributed by atoms with Gasteiger partial charge in [-0.2, -0.15) is 4.98 Å². The quantitative estimate of drug-likeness (QED) is 0.336. The third kappa shape index (κ3) is 6.78. The molecule has 0 aliphatic heterocycles. The van der Waals surface area contributed by atoms with Crippen LogP contribution in [-0.4, -0.2) is 34.9 Å². The molecule has 0 aliphatic carbocycles. The highest BCUT2D eigenvalue weighted by molar-refractivity contribution is 5.93. The Balaban J connectivity index is 1.82. The summed E-state index contributed by atoms with van der Waals surface area (Å²) in [4.78, 5) is 31.6. The van der Waals surface area contributed by atoms with Gasteiger partial charge in [-0.1, -0.05) is 24.8 Å². The predicted molar refractivity (Wildman–Crippen MR) is 129 cm³/mol. The third-order valence-corrected chi connectivity index (χ3v) is 4.43. The highest BCUT2D eigenvalue weighted by atomic mass is 16.2. The lowest BCUT2D eigenvalue weighted by molar-refractivity contribution is -0.114. The van der Waals surface area contributed by atoms with Crippen molar-refractivity contribution >= 4 is 35.0 Å². The Morgan fingerprint density at radius 3 is 2.55 bits per heavy atom. The van der Waals surface area contributed by atoms with Crippen LogP contribution in [0.3, 0.4) is 0 Å². The van der Waals surface area contributed by atoms with E-state index in [0.29, 0.717) is 28.6 Å². The second kappa shape index (κ2) is 11.3. The van der Waals surface area contributed by atoms with E-state index in [4.69, 9.17) is 11.5 Å². The van der Waals surface area contributed by atoms with Crippen LogP contribution in [0.15, 0.2) is 54.7 Å². The Hall–Kier alpha value is -4.42. The molecule has 0 fully saturated rings. The summed E-state index contributed by atoms with van der Waals surface area (Å²) in [7, 11) is 0. The second-order valence-electron chi connectivity index (χ2n) is 7.03. The number of anilines is 4. The molecule has 3 aromatic rings. The van der Waals surface area contributed by atoms with Crippen LogP contribution in [-0.2, 0) is 4.79 Å². The number of carbonyl (C=O) groups excluding carboxylic acids is 2. The van der Waals surface area contributed by atoms with Gasteiger partial charge in [0.05, 0.1) is 18.3 Å². The van der Waals surface area contributed by atoms with E-state index in [2.05, 4.69) is 44.7 Å². The van der Waals surface area contributed by atoms with Crippen molar-refractivity contribution in [2.24, 2.45) is 11.5 Å². The molecule has 3 rings (SSSR count). The number of hydrogen-bond donors (Lipinski definition) is 5. The number of nitrogens with two attached hydrogens (primary N) is 2.